The minimum atomic E-state index is -0.839. The summed E-state index contributed by atoms with van der Waals surface area (Å²) < 4.78 is 0. The van der Waals surface area contributed by atoms with Gasteiger partial charge in [0.1, 0.15) is 6.04 Å². The fourth-order valence-electron chi connectivity index (χ4n) is 2.94. The third-order valence-corrected chi connectivity index (χ3v) is 4.16. The standard InChI is InChI=1S/C19H20N4O3/c1-2-10-23-15-8-4-3-7-14(15)16(19(23)26)22-18(25)17(24)21-12-13-6-5-9-20-11-13/h3-9,11,16H,2,10,12H2,1H3,(H,21,24)(H,22,25)/t16-/m1/s1. The van der Waals surface area contributed by atoms with E-state index in [0.717, 1.165) is 17.7 Å². The predicted molar refractivity (Wildman–Crippen MR) is 96.1 cm³/mol. The molecule has 0 unspecified atom stereocenters. The first-order valence-electron chi connectivity index (χ1n) is 8.49. The van der Waals surface area contributed by atoms with E-state index in [0.29, 0.717) is 12.1 Å². The number of benzene rings is 1. The normalized spacial score (nSPS) is 15.5. The van der Waals surface area contributed by atoms with Crippen LogP contribution in [0.15, 0.2) is 48.8 Å². The number of nitrogens with zero attached hydrogens (tertiary/aromatic N) is 2. The number of nitrogens with one attached hydrogen (secondary N) is 2. The second kappa shape index (κ2) is 7.77. The molecular formula is C19H20N4O3. The van der Waals surface area contributed by atoms with Gasteiger partial charge < -0.3 is 15.5 Å². The van der Waals surface area contributed by atoms with Gasteiger partial charge in [-0.3, -0.25) is 19.4 Å². The van der Waals surface area contributed by atoms with Crippen LogP contribution in [0.25, 0.3) is 0 Å². The highest BCUT2D eigenvalue weighted by atomic mass is 16.2. The molecule has 0 fully saturated rings. The van der Waals surface area contributed by atoms with Crippen molar-refractivity contribution in [2.24, 2.45) is 0 Å². The largest absolute Gasteiger partial charge is 0.344 e. The first kappa shape index (κ1) is 17.6. The maximum absolute atomic E-state index is 12.7. The molecule has 1 aliphatic heterocycles. The molecule has 0 spiro atoms. The summed E-state index contributed by atoms with van der Waals surface area (Å²) in [6.07, 6.45) is 4.03. The van der Waals surface area contributed by atoms with Gasteiger partial charge in [0.2, 0.25) is 0 Å². The summed E-state index contributed by atoms with van der Waals surface area (Å²) in [6, 6.07) is 10.00. The molecule has 26 heavy (non-hydrogen) atoms. The topological polar surface area (TPSA) is 91.4 Å². The lowest BCUT2D eigenvalue weighted by Gasteiger charge is -2.17. The first-order valence-corrected chi connectivity index (χ1v) is 8.49. The van der Waals surface area contributed by atoms with Gasteiger partial charge in [0.15, 0.2) is 0 Å². The highest BCUT2D eigenvalue weighted by Gasteiger charge is 2.38. The molecule has 2 heterocycles. The molecule has 0 saturated carbocycles. The quantitative estimate of drug-likeness (QED) is 0.794. The number of rotatable bonds is 5. The second-order valence-electron chi connectivity index (χ2n) is 6.00. The van der Waals surface area contributed by atoms with Crippen LogP contribution >= 0.6 is 0 Å². The molecule has 1 aromatic carbocycles. The number of carbonyl (C=O) groups excluding carboxylic acids is 3. The van der Waals surface area contributed by atoms with Crippen LogP contribution in [-0.2, 0) is 20.9 Å². The zero-order chi connectivity index (χ0) is 18.5. The van der Waals surface area contributed by atoms with E-state index in [1.165, 1.54) is 0 Å². The number of carbonyl (C=O) groups is 3. The molecular weight excluding hydrogens is 332 g/mol. The lowest BCUT2D eigenvalue weighted by atomic mass is 10.1. The third kappa shape index (κ3) is 3.56. The maximum Gasteiger partial charge on any atom is 0.310 e. The van der Waals surface area contributed by atoms with Crippen LogP contribution in [0.2, 0.25) is 0 Å². The van der Waals surface area contributed by atoms with Gasteiger partial charge in [-0.25, -0.2) is 0 Å². The minimum absolute atomic E-state index is 0.192. The Hall–Kier alpha value is -3.22. The van der Waals surface area contributed by atoms with Crippen molar-refractivity contribution in [3.8, 4) is 0 Å². The van der Waals surface area contributed by atoms with E-state index in [2.05, 4.69) is 15.6 Å². The summed E-state index contributed by atoms with van der Waals surface area (Å²) in [5.74, 6) is -1.84. The smallest absolute Gasteiger partial charge is 0.310 e. The Morgan fingerprint density at radius 3 is 2.69 bits per heavy atom. The monoisotopic (exact) mass is 352 g/mol. The van der Waals surface area contributed by atoms with Crippen LogP contribution in [0.1, 0.15) is 30.5 Å². The Morgan fingerprint density at radius 2 is 1.96 bits per heavy atom. The SMILES string of the molecule is CCCN1C(=O)[C@H](NC(=O)C(=O)NCc2cccnc2)c2ccccc21. The number of anilines is 1. The number of fused-ring (bicyclic) bond motifs is 1. The summed E-state index contributed by atoms with van der Waals surface area (Å²) in [6.45, 7) is 2.74. The van der Waals surface area contributed by atoms with E-state index in [1.807, 2.05) is 25.1 Å². The Bertz CT molecular complexity index is 823. The molecule has 1 aromatic heterocycles. The molecule has 7 heteroatoms. The molecule has 0 aliphatic carbocycles. The Kier molecular flexibility index (Phi) is 5.26. The average molecular weight is 352 g/mol. The van der Waals surface area contributed by atoms with E-state index in [4.69, 9.17) is 0 Å². The van der Waals surface area contributed by atoms with Crippen molar-refractivity contribution >= 4 is 23.4 Å². The van der Waals surface area contributed by atoms with Crippen molar-refractivity contribution in [3.05, 3.63) is 59.9 Å². The molecule has 134 valence electrons. The van der Waals surface area contributed by atoms with Gasteiger partial charge in [-0.2, -0.15) is 0 Å². The van der Waals surface area contributed by atoms with Crippen molar-refractivity contribution < 1.29 is 14.4 Å². The predicted octanol–water partition coefficient (Wildman–Crippen LogP) is 1.31. The van der Waals surface area contributed by atoms with Gasteiger partial charge in [0.05, 0.1) is 0 Å². The van der Waals surface area contributed by atoms with Gasteiger partial charge in [-0.05, 0) is 24.1 Å². The van der Waals surface area contributed by atoms with Crippen LogP contribution in [0.4, 0.5) is 5.69 Å². The fourth-order valence-corrected chi connectivity index (χ4v) is 2.94. The number of hydrogen-bond acceptors (Lipinski definition) is 4. The number of hydrogen-bond donors (Lipinski definition) is 2. The van der Waals surface area contributed by atoms with Crippen molar-refractivity contribution in [1.82, 2.24) is 15.6 Å². The molecule has 2 aromatic rings. The molecule has 1 aliphatic rings. The Morgan fingerprint density at radius 1 is 1.15 bits per heavy atom. The maximum atomic E-state index is 12.7. The molecule has 3 amide bonds. The highest BCUT2D eigenvalue weighted by molar-refractivity contribution is 6.35. The van der Waals surface area contributed by atoms with Crippen LogP contribution in [-0.4, -0.2) is 29.3 Å². The molecule has 0 saturated heterocycles. The first-order chi connectivity index (χ1) is 12.6. The Labute approximate surface area is 151 Å². The van der Waals surface area contributed by atoms with Crippen molar-refractivity contribution in [1.29, 1.82) is 0 Å². The highest BCUT2D eigenvalue weighted by Crippen LogP contribution is 2.35. The summed E-state index contributed by atoms with van der Waals surface area (Å²) in [5.41, 5.74) is 2.27. The van der Waals surface area contributed by atoms with E-state index < -0.39 is 17.9 Å². The minimum Gasteiger partial charge on any atom is -0.344 e. The van der Waals surface area contributed by atoms with Crippen LogP contribution in [0, 0.1) is 0 Å². The van der Waals surface area contributed by atoms with E-state index in [-0.39, 0.29) is 12.5 Å². The van der Waals surface area contributed by atoms with Crippen LogP contribution in [0.5, 0.6) is 0 Å². The lowest BCUT2D eigenvalue weighted by molar-refractivity contribution is -0.140. The number of aromatic nitrogens is 1. The van der Waals surface area contributed by atoms with Gasteiger partial charge >= 0.3 is 11.8 Å². The Balaban J connectivity index is 1.67. The summed E-state index contributed by atoms with van der Waals surface area (Å²) in [5, 5.41) is 5.08. The van der Waals surface area contributed by atoms with Gasteiger partial charge in [0.25, 0.3) is 5.91 Å². The van der Waals surface area contributed by atoms with Crippen molar-refractivity contribution in [2.75, 3.05) is 11.4 Å². The van der Waals surface area contributed by atoms with Gasteiger partial charge in [-0.1, -0.05) is 31.2 Å². The summed E-state index contributed by atoms with van der Waals surface area (Å²) >= 11 is 0. The fraction of sp³-hybridized carbons (Fsp3) is 0.263. The van der Waals surface area contributed by atoms with E-state index in [9.17, 15) is 14.4 Å². The molecule has 0 bridgehead atoms. The zero-order valence-corrected chi connectivity index (χ0v) is 14.4. The van der Waals surface area contributed by atoms with Crippen LogP contribution < -0.4 is 15.5 Å². The lowest BCUT2D eigenvalue weighted by Crippen LogP contribution is -2.44. The third-order valence-electron chi connectivity index (χ3n) is 4.16. The van der Waals surface area contributed by atoms with Gasteiger partial charge in [0, 0.05) is 36.7 Å². The summed E-state index contributed by atoms with van der Waals surface area (Å²) in [4.78, 5) is 42.5. The van der Waals surface area contributed by atoms with Gasteiger partial charge in [-0.15, -0.1) is 0 Å². The second-order valence-corrected chi connectivity index (χ2v) is 6.00. The van der Waals surface area contributed by atoms with Crippen molar-refractivity contribution in [3.63, 3.8) is 0 Å². The number of amides is 3. The van der Waals surface area contributed by atoms with Crippen LogP contribution in [0.3, 0.4) is 0 Å². The summed E-state index contributed by atoms with van der Waals surface area (Å²) in [7, 11) is 0. The average Bonchev–Trinajstić information content (AvgIpc) is 2.93. The van der Waals surface area contributed by atoms with E-state index in [1.54, 1.807) is 35.5 Å². The molecule has 0 radical (unpaired) electrons. The molecule has 1 atom stereocenters. The molecule has 2 N–H and O–H groups in total. The number of pyridine rings is 1. The molecule has 3 rings (SSSR count). The van der Waals surface area contributed by atoms with Crippen molar-refractivity contribution in [2.45, 2.75) is 25.9 Å². The molecule has 7 nitrogen and oxygen atoms in total. The van der Waals surface area contributed by atoms with E-state index >= 15 is 0 Å². The zero-order valence-electron chi connectivity index (χ0n) is 14.4. The number of para-hydroxylation sites is 1.